The second-order valence-electron chi connectivity index (χ2n) is 6.95. The maximum Gasteiger partial charge on any atom is 0.255 e. The lowest BCUT2D eigenvalue weighted by Crippen LogP contribution is -2.39. The first-order valence-electron chi connectivity index (χ1n) is 8.87. The van der Waals surface area contributed by atoms with Gasteiger partial charge in [-0.15, -0.1) is 24.8 Å². The van der Waals surface area contributed by atoms with Gasteiger partial charge in [0, 0.05) is 30.7 Å². The van der Waals surface area contributed by atoms with E-state index in [0.717, 1.165) is 49.4 Å². The number of carbonyl (C=O) groups excluding carboxylic acids is 1. The molecule has 0 spiro atoms. The summed E-state index contributed by atoms with van der Waals surface area (Å²) in [6, 6.07) is 2.18. The lowest BCUT2D eigenvalue weighted by molar-refractivity contribution is 0.0687. The van der Waals surface area contributed by atoms with Gasteiger partial charge in [0.2, 0.25) is 0 Å². The fraction of sp³-hybridized carbons (Fsp3) is 0.611. The highest BCUT2D eigenvalue weighted by molar-refractivity contribution is 5.96. The molecule has 3 rings (SSSR count). The molecule has 2 aromatic rings. The van der Waals surface area contributed by atoms with Crippen LogP contribution in [-0.4, -0.2) is 52.3 Å². The Balaban J connectivity index is 0.00000169. The van der Waals surface area contributed by atoms with E-state index in [4.69, 9.17) is 0 Å². The van der Waals surface area contributed by atoms with Crippen LogP contribution in [0.1, 0.15) is 49.5 Å². The molecular weight excluding hydrogens is 373 g/mol. The summed E-state index contributed by atoms with van der Waals surface area (Å²) >= 11 is 0. The smallest absolute Gasteiger partial charge is 0.255 e. The topological polar surface area (TPSA) is 63.1 Å². The minimum atomic E-state index is 0. The predicted molar refractivity (Wildman–Crippen MR) is 110 cm³/mol. The molecule has 0 radical (unpaired) electrons. The highest BCUT2D eigenvalue weighted by Crippen LogP contribution is 2.23. The molecule has 0 bridgehead atoms. The Hall–Kier alpha value is -1.37. The van der Waals surface area contributed by atoms with Crippen molar-refractivity contribution in [2.45, 2.75) is 39.2 Å². The Morgan fingerprint density at radius 2 is 1.96 bits per heavy atom. The van der Waals surface area contributed by atoms with Gasteiger partial charge in [0.1, 0.15) is 0 Å². The van der Waals surface area contributed by atoms with E-state index in [-0.39, 0.29) is 36.8 Å². The Labute approximate surface area is 167 Å². The molecule has 6 nitrogen and oxygen atoms in total. The maximum absolute atomic E-state index is 12.8. The van der Waals surface area contributed by atoms with Crippen LogP contribution >= 0.6 is 24.8 Å². The van der Waals surface area contributed by atoms with Crippen LogP contribution < -0.4 is 5.32 Å². The van der Waals surface area contributed by atoms with Gasteiger partial charge in [-0.2, -0.15) is 5.10 Å². The van der Waals surface area contributed by atoms with E-state index in [1.807, 2.05) is 22.7 Å². The molecule has 2 aromatic heterocycles. The number of nitrogens with one attached hydrogen (secondary N) is 1. The first-order valence-corrected chi connectivity index (χ1v) is 8.87. The number of carbonyl (C=O) groups is 1. The Kier molecular flexibility index (Phi) is 8.80. The van der Waals surface area contributed by atoms with Crippen LogP contribution in [0.15, 0.2) is 18.5 Å². The Morgan fingerprint density at radius 3 is 2.58 bits per heavy atom. The molecule has 8 heteroatoms. The first-order chi connectivity index (χ1) is 11.6. The highest BCUT2D eigenvalue weighted by atomic mass is 35.5. The average Bonchev–Trinajstić information content (AvgIpc) is 3.03. The molecule has 3 heterocycles. The van der Waals surface area contributed by atoms with Gasteiger partial charge >= 0.3 is 0 Å². The van der Waals surface area contributed by atoms with E-state index in [9.17, 15) is 4.79 Å². The van der Waals surface area contributed by atoms with Crippen molar-refractivity contribution in [1.29, 1.82) is 0 Å². The van der Waals surface area contributed by atoms with Crippen LogP contribution in [0, 0.1) is 5.92 Å². The van der Waals surface area contributed by atoms with Gasteiger partial charge in [-0.1, -0.05) is 0 Å². The molecule has 0 unspecified atom stereocenters. The van der Waals surface area contributed by atoms with Crippen LogP contribution in [0.4, 0.5) is 0 Å². The van der Waals surface area contributed by atoms with Gasteiger partial charge in [0.05, 0.1) is 11.8 Å². The highest BCUT2D eigenvalue weighted by Gasteiger charge is 2.24. The molecular formula is C18H29Cl2N5O. The number of piperidine rings is 1. The van der Waals surface area contributed by atoms with Crippen LogP contribution in [0.2, 0.25) is 0 Å². The summed E-state index contributed by atoms with van der Waals surface area (Å²) in [5, 5.41) is 8.50. The van der Waals surface area contributed by atoms with Gasteiger partial charge in [-0.3, -0.25) is 4.79 Å². The van der Waals surface area contributed by atoms with Crippen molar-refractivity contribution in [2.75, 3.05) is 26.7 Å². The van der Waals surface area contributed by atoms with E-state index >= 15 is 0 Å². The molecule has 0 saturated carbocycles. The Morgan fingerprint density at radius 1 is 1.27 bits per heavy atom. The van der Waals surface area contributed by atoms with Crippen LogP contribution in [0.5, 0.6) is 0 Å². The molecule has 1 aliphatic heterocycles. The Bertz CT molecular complexity index is 711. The van der Waals surface area contributed by atoms with Crippen molar-refractivity contribution in [3.8, 4) is 0 Å². The summed E-state index contributed by atoms with van der Waals surface area (Å²) in [7, 11) is 1.99. The fourth-order valence-corrected chi connectivity index (χ4v) is 3.39. The van der Waals surface area contributed by atoms with Crippen LogP contribution in [-0.2, 0) is 0 Å². The summed E-state index contributed by atoms with van der Waals surface area (Å²) in [4.78, 5) is 19.2. The number of pyridine rings is 1. The molecule has 1 saturated heterocycles. The number of aromatic nitrogens is 3. The molecule has 1 amide bonds. The van der Waals surface area contributed by atoms with E-state index < -0.39 is 0 Å². The third kappa shape index (κ3) is 4.87. The normalized spacial score (nSPS) is 15.0. The van der Waals surface area contributed by atoms with Crippen molar-refractivity contribution < 1.29 is 4.79 Å². The number of fused-ring (bicyclic) bond motifs is 1. The second-order valence-corrected chi connectivity index (χ2v) is 6.95. The van der Waals surface area contributed by atoms with Crippen LogP contribution in [0.25, 0.3) is 11.0 Å². The zero-order valence-corrected chi connectivity index (χ0v) is 17.3. The van der Waals surface area contributed by atoms with Crippen molar-refractivity contribution >= 4 is 41.8 Å². The summed E-state index contributed by atoms with van der Waals surface area (Å²) in [6.07, 6.45) is 6.87. The van der Waals surface area contributed by atoms with Crippen molar-refractivity contribution in [3.63, 3.8) is 0 Å². The lowest BCUT2D eigenvalue weighted by Gasteiger charge is -2.32. The number of likely N-dealkylation sites (tertiary alicyclic amines) is 1. The quantitative estimate of drug-likeness (QED) is 0.834. The predicted octanol–water partition coefficient (Wildman–Crippen LogP) is 3.32. The largest absolute Gasteiger partial charge is 0.339 e. The molecule has 1 aliphatic rings. The summed E-state index contributed by atoms with van der Waals surface area (Å²) in [6.45, 7) is 6.89. The standard InChI is InChI=1S/C18H27N5O.2ClH/c1-13(2)23-17-15(12-21-23)10-16(11-20-17)18(24)22-8-5-14(6-9-22)4-7-19-3;;/h10-14,19H,4-9H2,1-3H3;2*1H. The average molecular weight is 402 g/mol. The van der Waals surface area contributed by atoms with E-state index in [1.165, 1.54) is 6.42 Å². The van der Waals surface area contributed by atoms with Gasteiger partial charge in [-0.05, 0) is 58.7 Å². The molecule has 1 fully saturated rings. The van der Waals surface area contributed by atoms with Gasteiger partial charge in [-0.25, -0.2) is 9.67 Å². The number of nitrogens with zero attached hydrogens (tertiary/aromatic N) is 4. The minimum absolute atomic E-state index is 0. The number of halogens is 2. The zero-order chi connectivity index (χ0) is 17.1. The SMILES string of the molecule is CNCCC1CCN(C(=O)c2cnc3c(cnn3C(C)C)c2)CC1.Cl.Cl. The van der Waals surface area contributed by atoms with Crippen molar-refractivity contribution in [1.82, 2.24) is 25.0 Å². The van der Waals surface area contributed by atoms with Crippen LogP contribution in [0.3, 0.4) is 0 Å². The van der Waals surface area contributed by atoms with Crippen molar-refractivity contribution in [3.05, 3.63) is 24.0 Å². The van der Waals surface area contributed by atoms with E-state index in [2.05, 4.69) is 29.2 Å². The number of rotatable bonds is 5. The van der Waals surface area contributed by atoms with Gasteiger partial charge in [0.15, 0.2) is 5.65 Å². The minimum Gasteiger partial charge on any atom is -0.339 e. The third-order valence-electron chi connectivity index (χ3n) is 4.87. The summed E-state index contributed by atoms with van der Waals surface area (Å²) < 4.78 is 1.89. The number of amides is 1. The molecule has 26 heavy (non-hydrogen) atoms. The van der Waals surface area contributed by atoms with E-state index in [1.54, 1.807) is 12.4 Å². The summed E-state index contributed by atoms with van der Waals surface area (Å²) in [5.74, 6) is 0.820. The maximum atomic E-state index is 12.8. The first kappa shape index (κ1) is 22.7. The molecule has 0 aliphatic carbocycles. The third-order valence-corrected chi connectivity index (χ3v) is 4.87. The summed E-state index contributed by atoms with van der Waals surface area (Å²) in [5.41, 5.74) is 1.51. The zero-order valence-electron chi connectivity index (χ0n) is 15.6. The molecule has 0 aromatic carbocycles. The number of hydrogen-bond acceptors (Lipinski definition) is 4. The monoisotopic (exact) mass is 401 g/mol. The van der Waals surface area contributed by atoms with Gasteiger partial charge < -0.3 is 10.2 Å². The van der Waals surface area contributed by atoms with E-state index in [0.29, 0.717) is 5.56 Å². The molecule has 146 valence electrons. The lowest BCUT2D eigenvalue weighted by atomic mass is 9.93. The van der Waals surface area contributed by atoms with Crippen molar-refractivity contribution in [2.24, 2.45) is 5.92 Å². The fourth-order valence-electron chi connectivity index (χ4n) is 3.39. The molecule has 0 atom stereocenters. The molecule has 1 N–H and O–H groups in total. The second kappa shape index (κ2) is 10.1. The number of hydrogen-bond donors (Lipinski definition) is 1. The van der Waals surface area contributed by atoms with Gasteiger partial charge in [0.25, 0.3) is 5.91 Å².